The lowest BCUT2D eigenvalue weighted by atomic mass is 9.96. The minimum absolute atomic E-state index is 0.400. The summed E-state index contributed by atoms with van der Waals surface area (Å²) in [5.41, 5.74) is -0.993. The molecule has 10 heteroatoms. The monoisotopic (exact) mass is 318 g/mol. The second-order valence-electron chi connectivity index (χ2n) is 4.81. The zero-order valence-electron chi connectivity index (χ0n) is 10.6. The van der Waals surface area contributed by atoms with Gasteiger partial charge >= 0.3 is 6.18 Å². The Balaban J connectivity index is 2.17. The van der Waals surface area contributed by atoms with Gasteiger partial charge in [0.1, 0.15) is 23.7 Å². The molecule has 0 aromatic rings. The molecule has 0 saturated carbocycles. The molecule has 0 aromatic carbocycles. The summed E-state index contributed by atoms with van der Waals surface area (Å²) in [7, 11) is 3.30. The third-order valence-electron chi connectivity index (χ3n) is 3.07. The van der Waals surface area contributed by atoms with E-state index in [-0.39, 0.29) is 0 Å². The van der Waals surface area contributed by atoms with Crippen LogP contribution in [-0.4, -0.2) is 76.5 Å². The van der Waals surface area contributed by atoms with Crippen LogP contribution >= 0.6 is 11.8 Å². The van der Waals surface area contributed by atoms with Crippen LogP contribution in [0.25, 0.3) is 0 Å². The molecule has 0 aromatic heterocycles. The Hall–Kier alpha value is -0.580. The summed E-state index contributed by atoms with van der Waals surface area (Å²) in [6.07, 6.45) is -14.1. The molecule has 1 saturated heterocycles. The Morgan fingerprint density at radius 2 is 2.00 bits per heavy atom. The van der Waals surface area contributed by atoms with Crippen molar-refractivity contribution in [1.82, 2.24) is 4.90 Å². The number of halogens is 4. The zero-order valence-corrected chi connectivity index (χ0v) is 11.4. The average Bonchev–Trinajstić information content (AvgIpc) is 2.76. The molecule has 2 heterocycles. The van der Waals surface area contributed by atoms with Crippen molar-refractivity contribution in [3.05, 3.63) is 0 Å². The summed E-state index contributed by atoms with van der Waals surface area (Å²) in [6, 6.07) is -1.08. The molecule has 1 fully saturated rings. The van der Waals surface area contributed by atoms with Crippen molar-refractivity contribution in [2.75, 3.05) is 14.1 Å². The van der Waals surface area contributed by atoms with Gasteiger partial charge in [-0.15, -0.1) is 0 Å². The van der Waals surface area contributed by atoms with Crippen LogP contribution in [0.5, 0.6) is 0 Å². The number of hydrogen-bond donors (Lipinski definition) is 2. The summed E-state index contributed by atoms with van der Waals surface area (Å²) < 4.78 is 56.5. The number of nitrogens with zero attached hydrogens (tertiary/aromatic N) is 2. The van der Waals surface area contributed by atoms with Crippen molar-refractivity contribution in [1.29, 1.82) is 0 Å². The standard InChI is InChI=1S/C10H14F4N2O3S/c1-16(2)9-15-4-3(11)5(17)6(19-8(4)20-9)7(18)10(12,13)14/h3-8,17-18H,1-2H3/t3-,4-,5+,6?,7-,8-/m1/s1. The summed E-state index contributed by atoms with van der Waals surface area (Å²) in [5.74, 6) is 0. The predicted molar refractivity (Wildman–Crippen MR) is 64.1 cm³/mol. The van der Waals surface area contributed by atoms with Gasteiger partial charge in [0.15, 0.2) is 17.4 Å². The molecule has 2 rings (SSSR count). The molecule has 0 radical (unpaired) electrons. The smallest absolute Gasteiger partial charge is 0.387 e. The number of aliphatic imine (C=N–C) groups is 1. The van der Waals surface area contributed by atoms with Gasteiger partial charge < -0.3 is 19.8 Å². The van der Waals surface area contributed by atoms with E-state index < -0.39 is 42.1 Å². The maximum Gasteiger partial charge on any atom is 0.417 e. The second-order valence-corrected chi connectivity index (χ2v) is 5.87. The van der Waals surface area contributed by atoms with Crippen LogP contribution in [0.1, 0.15) is 0 Å². The van der Waals surface area contributed by atoms with Gasteiger partial charge in [-0.3, -0.25) is 4.99 Å². The van der Waals surface area contributed by atoms with Crippen LogP contribution in [-0.2, 0) is 4.74 Å². The lowest BCUT2D eigenvalue weighted by Crippen LogP contribution is -2.59. The highest BCUT2D eigenvalue weighted by Gasteiger charge is 2.56. The van der Waals surface area contributed by atoms with E-state index in [9.17, 15) is 22.7 Å². The quantitative estimate of drug-likeness (QED) is 0.684. The molecule has 0 spiro atoms. The van der Waals surface area contributed by atoms with E-state index in [1.807, 2.05) is 0 Å². The van der Waals surface area contributed by atoms with E-state index in [2.05, 4.69) is 4.99 Å². The first-order valence-corrected chi connectivity index (χ1v) is 6.65. The summed E-state index contributed by atoms with van der Waals surface area (Å²) >= 11 is 0.964. The Morgan fingerprint density at radius 3 is 2.50 bits per heavy atom. The average molecular weight is 318 g/mol. The van der Waals surface area contributed by atoms with Crippen molar-refractivity contribution in [2.24, 2.45) is 4.99 Å². The number of thioether (sulfide) groups is 1. The van der Waals surface area contributed by atoms with Gasteiger partial charge in [0, 0.05) is 14.1 Å². The van der Waals surface area contributed by atoms with Crippen molar-refractivity contribution in [3.63, 3.8) is 0 Å². The highest BCUT2D eigenvalue weighted by molar-refractivity contribution is 8.14. The molecule has 2 aliphatic rings. The highest BCUT2D eigenvalue weighted by Crippen LogP contribution is 2.40. The van der Waals surface area contributed by atoms with E-state index in [0.717, 1.165) is 11.8 Å². The normalized spacial score (nSPS) is 39.2. The van der Waals surface area contributed by atoms with Gasteiger partial charge in [0.2, 0.25) is 0 Å². The fourth-order valence-electron chi connectivity index (χ4n) is 2.01. The number of rotatable bonds is 1. The molecule has 6 atom stereocenters. The molecule has 0 bridgehead atoms. The fourth-order valence-corrected chi connectivity index (χ4v) is 3.14. The molecule has 1 unspecified atom stereocenters. The minimum Gasteiger partial charge on any atom is -0.387 e. The number of aliphatic hydroxyl groups is 2. The van der Waals surface area contributed by atoms with Crippen molar-refractivity contribution >= 4 is 16.9 Å². The largest absolute Gasteiger partial charge is 0.417 e. The molecule has 0 amide bonds. The summed E-state index contributed by atoms with van der Waals surface area (Å²) in [6.45, 7) is 0. The van der Waals surface area contributed by atoms with Gasteiger partial charge in [0.05, 0.1) is 0 Å². The number of hydrogen-bond acceptors (Lipinski definition) is 6. The molecule has 20 heavy (non-hydrogen) atoms. The van der Waals surface area contributed by atoms with E-state index in [4.69, 9.17) is 9.84 Å². The molecular weight excluding hydrogens is 304 g/mol. The van der Waals surface area contributed by atoms with Gasteiger partial charge in [-0.05, 0) is 0 Å². The van der Waals surface area contributed by atoms with E-state index in [1.54, 1.807) is 19.0 Å². The van der Waals surface area contributed by atoms with E-state index >= 15 is 0 Å². The Labute approximate surface area is 116 Å². The Morgan fingerprint density at radius 1 is 1.40 bits per heavy atom. The first-order chi connectivity index (χ1) is 9.12. The topological polar surface area (TPSA) is 65.3 Å². The Bertz CT molecular complexity index is 406. The van der Waals surface area contributed by atoms with Crippen LogP contribution < -0.4 is 0 Å². The summed E-state index contributed by atoms with van der Waals surface area (Å²) in [4.78, 5) is 5.55. The van der Waals surface area contributed by atoms with Crippen LogP contribution in [0.2, 0.25) is 0 Å². The number of fused-ring (bicyclic) bond motifs is 1. The number of ether oxygens (including phenoxy) is 1. The van der Waals surface area contributed by atoms with Gasteiger partial charge in [0.25, 0.3) is 0 Å². The van der Waals surface area contributed by atoms with Crippen LogP contribution in [0, 0.1) is 0 Å². The maximum atomic E-state index is 14.0. The van der Waals surface area contributed by atoms with Crippen LogP contribution in [0.3, 0.4) is 0 Å². The third kappa shape index (κ3) is 2.74. The Kier molecular flexibility index (Phi) is 4.20. The van der Waals surface area contributed by atoms with Crippen molar-refractivity contribution in [3.8, 4) is 0 Å². The van der Waals surface area contributed by atoms with E-state index in [0.29, 0.717) is 5.17 Å². The van der Waals surface area contributed by atoms with Crippen LogP contribution in [0.4, 0.5) is 17.6 Å². The van der Waals surface area contributed by atoms with Gasteiger partial charge in [-0.1, -0.05) is 11.8 Å². The predicted octanol–water partition coefficient (Wildman–Crippen LogP) is 0.366. The lowest BCUT2D eigenvalue weighted by Gasteiger charge is -2.39. The highest BCUT2D eigenvalue weighted by atomic mass is 32.2. The fraction of sp³-hybridized carbons (Fsp3) is 0.900. The molecule has 5 nitrogen and oxygen atoms in total. The van der Waals surface area contributed by atoms with Gasteiger partial charge in [-0.25, -0.2) is 4.39 Å². The zero-order chi connectivity index (χ0) is 15.2. The minimum atomic E-state index is -4.99. The number of amidine groups is 1. The summed E-state index contributed by atoms with van der Waals surface area (Å²) in [5, 5.41) is 19.2. The second kappa shape index (κ2) is 5.32. The first-order valence-electron chi connectivity index (χ1n) is 5.77. The molecule has 0 aliphatic carbocycles. The number of aliphatic hydroxyl groups excluding tert-OH is 2. The van der Waals surface area contributed by atoms with Crippen molar-refractivity contribution < 1.29 is 32.5 Å². The SMILES string of the molecule is CN(C)C1=N[C@@H]2[C@@H](F)[C@H](O)C([C@@H](O)C(F)(F)F)O[C@@H]2S1. The maximum absolute atomic E-state index is 14.0. The number of alkyl halides is 4. The molecular formula is C10H14F4N2O3S. The van der Waals surface area contributed by atoms with E-state index in [1.165, 1.54) is 0 Å². The molecule has 116 valence electrons. The third-order valence-corrected chi connectivity index (χ3v) is 4.37. The van der Waals surface area contributed by atoms with Gasteiger partial charge in [-0.2, -0.15) is 13.2 Å². The molecule has 2 N–H and O–H groups in total. The van der Waals surface area contributed by atoms with Crippen LogP contribution in [0.15, 0.2) is 4.99 Å². The lowest BCUT2D eigenvalue weighted by molar-refractivity contribution is -0.267. The van der Waals surface area contributed by atoms with Crippen molar-refractivity contribution in [2.45, 2.75) is 42.1 Å². The first kappa shape index (κ1) is 15.8. The molecule has 2 aliphatic heterocycles.